The minimum atomic E-state index is -0.384. The number of hydrogen-bond donors (Lipinski definition) is 2. The van der Waals surface area contributed by atoms with Crippen LogP contribution in [-0.4, -0.2) is 46.9 Å². The number of pyridine rings is 1. The molecule has 0 radical (unpaired) electrons. The van der Waals surface area contributed by atoms with Crippen molar-refractivity contribution >= 4 is 46.4 Å². The molecule has 5 rings (SSSR count). The number of ether oxygens (including phenoxy) is 1. The third kappa shape index (κ3) is 3.64. The topological polar surface area (TPSA) is 88.7 Å². The highest BCUT2D eigenvalue weighted by molar-refractivity contribution is 7.99. The van der Waals surface area contributed by atoms with Gasteiger partial charge in [0.25, 0.3) is 0 Å². The summed E-state index contributed by atoms with van der Waals surface area (Å²) in [6.45, 7) is 5.08. The van der Waals surface area contributed by atoms with E-state index in [1.54, 1.807) is 10.6 Å². The average molecular weight is 480 g/mol. The number of aromatic amines is 1. The van der Waals surface area contributed by atoms with Gasteiger partial charge < -0.3 is 15.4 Å². The zero-order valence-corrected chi connectivity index (χ0v) is 19.4. The van der Waals surface area contributed by atoms with Gasteiger partial charge in [-0.3, -0.25) is 0 Å². The Morgan fingerprint density at radius 1 is 1.32 bits per heavy atom. The summed E-state index contributed by atoms with van der Waals surface area (Å²) >= 11 is 14.0. The Bertz CT molecular complexity index is 1200. The van der Waals surface area contributed by atoms with Crippen LogP contribution in [0.25, 0.3) is 5.65 Å². The van der Waals surface area contributed by atoms with Gasteiger partial charge in [0.1, 0.15) is 5.82 Å². The smallest absolute Gasteiger partial charge is 0.362 e. The van der Waals surface area contributed by atoms with Gasteiger partial charge in [0, 0.05) is 29.4 Å². The van der Waals surface area contributed by atoms with Crippen LogP contribution < -0.4 is 16.3 Å². The van der Waals surface area contributed by atoms with Crippen LogP contribution >= 0.6 is 35.0 Å². The largest absolute Gasteiger partial charge is 0.379 e. The van der Waals surface area contributed by atoms with E-state index >= 15 is 0 Å². The molecule has 0 amide bonds. The molecule has 1 unspecified atom stereocenters. The average Bonchev–Trinajstić information content (AvgIpc) is 3.30. The molecule has 1 aromatic carbocycles. The normalized spacial score (nSPS) is 20.8. The van der Waals surface area contributed by atoms with Crippen LogP contribution in [0.3, 0.4) is 0 Å². The fraction of sp³-hybridized carbons (Fsp3) is 0.429. The van der Waals surface area contributed by atoms with Gasteiger partial charge in [-0.15, -0.1) is 0 Å². The minimum absolute atomic E-state index is 0.0616. The molecule has 2 saturated heterocycles. The molecule has 2 fully saturated rings. The second kappa shape index (κ2) is 8.01. The summed E-state index contributed by atoms with van der Waals surface area (Å²) in [6.07, 6.45) is 1.92. The number of rotatable bonds is 3. The molecule has 0 aliphatic carbocycles. The Labute approximate surface area is 193 Å². The fourth-order valence-electron chi connectivity index (χ4n) is 4.54. The number of hydrogen-bond acceptors (Lipinski definition) is 6. The van der Waals surface area contributed by atoms with E-state index in [2.05, 4.69) is 21.0 Å². The first-order chi connectivity index (χ1) is 14.9. The summed E-state index contributed by atoms with van der Waals surface area (Å²) in [7, 11) is 0. The highest BCUT2D eigenvalue weighted by Gasteiger charge is 2.44. The van der Waals surface area contributed by atoms with Crippen LogP contribution in [0.1, 0.15) is 18.4 Å². The first-order valence-electron chi connectivity index (χ1n) is 10.2. The van der Waals surface area contributed by atoms with Crippen LogP contribution in [0.2, 0.25) is 10.0 Å². The number of nitrogens with zero attached hydrogens (tertiary/aromatic N) is 3. The molecule has 7 nitrogen and oxygen atoms in total. The first-order valence-corrected chi connectivity index (χ1v) is 11.8. The molecule has 1 spiro atoms. The van der Waals surface area contributed by atoms with Gasteiger partial charge >= 0.3 is 5.69 Å². The van der Waals surface area contributed by atoms with E-state index in [0.29, 0.717) is 22.3 Å². The molecule has 31 heavy (non-hydrogen) atoms. The molecule has 4 heterocycles. The summed E-state index contributed by atoms with van der Waals surface area (Å²) in [5, 5.41) is 3.84. The summed E-state index contributed by atoms with van der Waals surface area (Å²) in [6, 6.07) is 7.70. The molecule has 164 valence electrons. The lowest BCUT2D eigenvalue weighted by atomic mass is 9.75. The third-order valence-electron chi connectivity index (χ3n) is 6.45. The highest BCUT2D eigenvalue weighted by Crippen LogP contribution is 2.42. The van der Waals surface area contributed by atoms with Crippen LogP contribution in [0.5, 0.6) is 0 Å². The van der Waals surface area contributed by atoms with Gasteiger partial charge in [-0.25, -0.2) is 14.4 Å². The number of halogens is 2. The van der Waals surface area contributed by atoms with Crippen molar-refractivity contribution < 1.29 is 4.74 Å². The summed E-state index contributed by atoms with van der Waals surface area (Å²) in [4.78, 5) is 20.4. The van der Waals surface area contributed by atoms with Gasteiger partial charge in [-0.2, -0.15) is 4.98 Å². The predicted molar refractivity (Wildman–Crippen MR) is 124 cm³/mol. The number of nitrogens with two attached hydrogens (primary N) is 1. The summed E-state index contributed by atoms with van der Waals surface area (Å²) < 4.78 is 7.42. The molecule has 1 atom stereocenters. The lowest BCUT2D eigenvalue weighted by Gasteiger charge is -2.41. The molecular formula is C21H23Cl2N5O2S. The lowest BCUT2D eigenvalue weighted by molar-refractivity contribution is 0.131. The zero-order chi connectivity index (χ0) is 21.8. The maximum absolute atomic E-state index is 12.2. The summed E-state index contributed by atoms with van der Waals surface area (Å²) in [5.74, 6) is 0.922. The van der Waals surface area contributed by atoms with E-state index in [1.165, 1.54) is 11.8 Å². The van der Waals surface area contributed by atoms with Crippen LogP contribution in [0.15, 0.2) is 38.9 Å². The van der Waals surface area contributed by atoms with E-state index in [0.717, 1.165) is 53.7 Å². The molecule has 2 aliphatic heterocycles. The van der Waals surface area contributed by atoms with Crippen molar-refractivity contribution in [3.05, 3.63) is 50.4 Å². The van der Waals surface area contributed by atoms with Crippen molar-refractivity contribution in [2.24, 2.45) is 11.1 Å². The van der Waals surface area contributed by atoms with E-state index in [9.17, 15) is 4.79 Å². The van der Waals surface area contributed by atoms with Crippen molar-refractivity contribution in [1.29, 1.82) is 0 Å². The number of piperidine rings is 1. The van der Waals surface area contributed by atoms with Crippen molar-refractivity contribution in [3.8, 4) is 0 Å². The third-order valence-corrected chi connectivity index (χ3v) is 8.65. The highest BCUT2D eigenvalue weighted by atomic mass is 35.5. The lowest BCUT2D eigenvalue weighted by Crippen LogP contribution is -2.49. The number of aromatic nitrogens is 3. The van der Waals surface area contributed by atoms with E-state index in [4.69, 9.17) is 33.7 Å². The Hall–Kier alpha value is -1.71. The van der Waals surface area contributed by atoms with Crippen molar-refractivity contribution in [2.75, 3.05) is 31.2 Å². The molecule has 0 bridgehead atoms. The van der Waals surface area contributed by atoms with Crippen molar-refractivity contribution in [3.63, 3.8) is 0 Å². The molecule has 3 N–H and O–H groups in total. The molecule has 2 aliphatic rings. The first kappa shape index (κ1) is 21.2. The van der Waals surface area contributed by atoms with Crippen LogP contribution in [-0.2, 0) is 4.74 Å². The van der Waals surface area contributed by atoms with Gasteiger partial charge in [0.15, 0.2) is 5.65 Å². The zero-order valence-electron chi connectivity index (χ0n) is 17.0. The molecule has 3 aromatic rings. The Balaban J connectivity index is 1.51. The van der Waals surface area contributed by atoms with Gasteiger partial charge in [0.05, 0.1) is 28.2 Å². The maximum Gasteiger partial charge on any atom is 0.362 e. The van der Waals surface area contributed by atoms with Crippen molar-refractivity contribution in [2.45, 2.75) is 35.6 Å². The monoisotopic (exact) mass is 479 g/mol. The van der Waals surface area contributed by atoms with Gasteiger partial charge in [-0.1, -0.05) is 41.0 Å². The number of aryl methyl sites for hydroxylation is 1. The number of H-pyrrole nitrogens is 1. The van der Waals surface area contributed by atoms with Crippen molar-refractivity contribution in [1.82, 2.24) is 14.6 Å². The molecule has 10 heteroatoms. The number of anilines is 1. The van der Waals surface area contributed by atoms with E-state index < -0.39 is 0 Å². The van der Waals surface area contributed by atoms with Crippen LogP contribution in [0.4, 0.5) is 5.82 Å². The fourth-order valence-corrected chi connectivity index (χ4v) is 6.03. The quantitative estimate of drug-likeness (QED) is 0.594. The minimum Gasteiger partial charge on any atom is -0.379 e. The molecular weight excluding hydrogens is 457 g/mol. The second-order valence-electron chi connectivity index (χ2n) is 8.33. The van der Waals surface area contributed by atoms with E-state index in [1.807, 2.05) is 19.1 Å². The SMILES string of the molecule is Cc1cc(N2CCC3(CC2)COCC3N)n2[nH]c(=O)nc2c1Sc1cccc(Cl)c1Cl. The predicted octanol–water partition coefficient (Wildman–Crippen LogP) is 3.73. The Morgan fingerprint density at radius 3 is 2.81 bits per heavy atom. The summed E-state index contributed by atoms with van der Waals surface area (Å²) in [5.41, 5.74) is 7.61. The number of benzene rings is 1. The van der Waals surface area contributed by atoms with Gasteiger partial charge in [0.2, 0.25) is 0 Å². The van der Waals surface area contributed by atoms with Crippen LogP contribution in [0, 0.1) is 12.3 Å². The van der Waals surface area contributed by atoms with E-state index in [-0.39, 0.29) is 17.1 Å². The molecule has 0 saturated carbocycles. The standard InChI is InChI=1S/C21H23Cl2N5O2S/c1-12-9-16(27-7-5-21(6-8-27)11-30-10-15(21)24)28-19(25-20(29)26-28)18(12)31-14-4-2-3-13(22)17(14)23/h2-4,9,15H,5-8,10-11,24H2,1H3,(H,26,29). The van der Waals surface area contributed by atoms with Gasteiger partial charge in [-0.05, 0) is 43.5 Å². The number of fused-ring (bicyclic) bond motifs is 1. The second-order valence-corrected chi connectivity index (χ2v) is 10.2. The Kier molecular flexibility index (Phi) is 5.46. The Morgan fingerprint density at radius 2 is 2.10 bits per heavy atom. The maximum atomic E-state index is 12.2. The number of nitrogens with one attached hydrogen (secondary N) is 1. The molecule has 2 aromatic heterocycles.